The zero-order chi connectivity index (χ0) is 18.1. The Balaban J connectivity index is 0.00000338. The molecule has 139 valence electrons. The minimum atomic E-state index is -0.460. The van der Waals surface area contributed by atoms with Gasteiger partial charge in [0.2, 0.25) is 5.91 Å². The number of nitrogens with zero attached hydrogens (tertiary/aromatic N) is 1. The first-order chi connectivity index (χ1) is 12.1. The van der Waals surface area contributed by atoms with Crippen LogP contribution in [0.4, 0.5) is 5.69 Å². The molecule has 0 aliphatic rings. The number of carbonyl (C=O) groups excluding carboxylic acids is 1. The topological polar surface area (TPSA) is 61.8 Å². The summed E-state index contributed by atoms with van der Waals surface area (Å²) < 4.78 is 5.53. The predicted molar refractivity (Wildman–Crippen MR) is 100 cm³/mol. The van der Waals surface area contributed by atoms with Crippen molar-refractivity contribution in [3.05, 3.63) is 52.2 Å². The summed E-state index contributed by atoms with van der Waals surface area (Å²) in [5.74, 6) is -0.132. The first-order valence-corrected chi connectivity index (χ1v) is 9.28. The van der Waals surface area contributed by atoms with Gasteiger partial charge >= 0.3 is 0 Å². The van der Waals surface area contributed by atoms with Crippen LogP contribution in [0, 0.1) is 5.38 Å². The summed E-state index contributed by atoms with van der Waals surface area (Å²) in [6, 6.07) is 11.2. The van der Waals surface area contributed by atoms with Crippen LogP contribution >= 0.6 is 11.3 Å². The fourth-order valence-electron chi connectivity index (χ4n) is 2.40. The van der Waals surface area contributed by atoms with Crippen LogP contribution in [0.15, 0.2) is 36.4 Å². The molecule has 26 heavy (non-hydrogen) atoms. The van der Waals surface area contributed by atoms with Gasteiger partial charge < -0.3 is 9.84 Å². The third kappa shape index (κ3) is 7.55. The Morgan fingerprint density at radius 2 is 2.08 bits per heavy atom. The molecule has 1 unspecified atom stereocenters. The number of aliphatic hydroxyl groups excluding tert-OH is 1. The van der Waals surface area contributed by atoms with E-state index in [1.165, 1.54) is 23.3 Å². The van der Waals surface area contributed by atoms with Crippen LogP contribution in [-0.2, 0) is 48.8 Å². The maximum absolute atomic E-state index is 11.9. The molecule has 7 heteroatoms. The molecule has 1 amide bonds. The second kappa shape index (κ2) is 12.7. The summed E-state index contributed by atoms with van der Waals surface area (Å²) in [7, 11) is 0. The number of nitrogens with one attached hydrogen (secondary N) is 1. The zero-order valence-corrected chi connectivity index (χ0v) is 18.9. The number of amides is 1. The Bertz CT molecular complexity index is 635. The van der Waals surface area contributed by atoms with Crippen LogP contribution in [-0.4, -0.2) is 17.7 Å². The van der Waals surface area contributed by atoms with E-state index < -0.39 is 6.10 Å². The van der Waals surface area contributed by atoms with E-state index in [9.17, 15) is 9.90 Å². The minimum Gasteiger partial charge on any atom is -0.388 e. The smallest absolute Gasteiger partial charge is 0.238 e. The quantitative estimate of drug-likeness (QED) is 0.250. The molecule has 5 nitrogen and oxygen atoms in total. The van der Waals surface area contributed by atoms with Crippen molar-refractivity contribution in [2.24, 2.45) is 0 Å². The Morgan fingerprint density at radius 1 is 1.35 bits per heavy atom. The summed E-state index contributed by atoms with van der Waals surface area (Å²) in [5, 5.41) is 14.6. The van der Waals surface area contributed by atoms with Crippen LogP contribution in [0.5, 0.6) is 0 Å². The van der Waals surface area contributed by atoms with Crippen molar-refractivity contribution in [3.8, 4) is 0 Å². The number of aliphatic hydroxyl groups is 1. The van der Waals surface area contributed by atoms with Crippen molar-refractivity contribution in [2.75, 3.05) is 11.7 Å². The standard InChI is InChI=1S/C19H25N2O3S.Y/c1-3-4-7-19(23)16-8-10-17(11-9-16)21(15(2)22)20-14-24-13-18-6-5-12-25-18;/h5-6,8-11,19-20,23H,3-4,7,13-14H2,1-2H3;/q-1;. The molecule has 0 fully saturated rings. The molecule has 2 rings (SSSR count). The van der Waals surface area contributed by atoms with E-state index in [4.69, 9.17) is 4.74 Å². The fourth-order valence-corrected chi connectivity index (χ4v) is 2.97. The van der Waals surface area contributed by atoms with Gasteiger partial charge in [-0.2, -0.15) is 12.1 Å². The normalized spacial score (nSPS) is 11.7. The molecule has 2 N–H and O–H groups in total. The average Bonchev–Trinajstić information content (AvgIpc) is 3.13. The molecule has 1 radical (unpaired) electrons. The Hall–Kier alpha value is -0.626. The van der Waals surface area contributed by atoms with Crippen molar-refractivity contribution in [3.63, 3.8) is 0 Å². The molecule has 2 aromatic rings. The monoisotopic (exact) mass is 450 g/mol. The van der Waals surface area contributed by atoms with E-state index in [1.54, 1.807) is 0 Å². The van der Waals surface area contributed by atoms with E-state index in [2.05, 4.69) is 17.7 Å². The van der Waals surface area contributed by atoms with Gasteiger partial charge in [0.1, 0.15) is 6.73 Å². The van der Waals surface area contributed by atoms with Crippen LogP contribution in [0.25, 0.3) is 0 Å². The van der Waals surface area contributed by atoms with Gasteiger partial charge in [0.05, 0.1) is 11.8 Å². The third-order valence-corrected chi connectivity index (χ3v) is 4.55. The molecule has 0 aliphatic carbocycles. The Kier molecular flexibility index (Phi) is 11.4. The second-order valence-corrected chi connectivity index (χ2v) is 6.74. The van der Waals surface area contributed by atoms with Crippen molar-refractivity contribution in [2.45, 2.75) is 45.8 Å². The van der Waals surface area contributed by atoms with Gasteiger partial charge in [0, 0.05) is 46.2 Å². The van der Waals surface area contributed by atoms with E-state index >= 15 is 0 Å². The van der Waals surface area contributed by atoms with E-state index in [-0.39, 0.29) is 45.3 Å². The maximum Gasteiger partial charge on any atom is 0.238 e. The van der Waals surface area contributed by atoms with E-state index in [0.29, 0.717) is 12.3 Å². The molecule has 1 atom stereocenters. The van der Waals surface area contributed by atoms with Crippen LogP contribution < -0.4 is 10.4 Å². The number of ether oxygens (including phenoxy) is 1. The number of hydrazine groups is 1. The summed E-state index contributed by atoms with van der Waals surface area (Å²) in [6.07, 6.45) is 2.33. The van der Waals surface area contributed by atoms with Crippen molar-refractivity contribution in [1.82, 2.24) is 5.43 Å². The second-order valence-electron chi connectivity index (χ2n) is 5.77. The van der Waals surface area contributed by atoms with Gasteiger partial charge in [-0.1, -0.05) is 31.9 Å². The van der Waals surface area contributed by atoms with E-state index in [0.717, 1.165) is 29.7 Å². The number of thiophene rings is 1. The number of unbranched alkanes of at least 4 members (excludes halogenated alkanes) is 1. The number of carbonyl (C=O) groups is 1. The van der Waals surface area contributed by atoms with Gasteiger partial charge in [0.15, 0.2) is 0 Å². The number of hydrogen-bond donors (Lipinski definition) is 2. The molecule has 0 spiro atoms. The molecule has 1 aromatic carbocycles. The van der Waals surface area contributed by atoms with Crippen molar-refractivity contribution < 1.29 is 47.3 Å². The van der Waals surface area contributed by atoms with E-state index in [1.807, 2.05) is 36.4 Å². The number of hydrogen-bond acceptors (Lipinski definition) is 5. The van der Waals surface area contributed by atoms with Crippen LogP contribution in [0.3, 0.4) is 0 Å². The molecule has 1 aromatic heterocycles. The first-order valence-electron chi connectivity index (χ1n) is 8.46. The SMILES string of the molecule is CCCCC(O)c1ccc(N(NCOCc2cc[c-]s2)C(C)=O)cc1.[Y]. The largest absolute Gasteiger partial charge is 0.388 e. The van der Waals surface area contributed by atoms with Gasteiger partial charge in [-0.25, -0.2) is 10.4 Å². The fraction of sp³-hybridized carbons (Fsp3) is 0.421. The third-order valence-electron chi connectivity index (χ3n) is 3.78. The number of anilines is 1. The summed E-state index contributed by atoms with van der Waals surface area (Å²) >= 11 is 1.51. The Labute approximate surface area is 184 Å². The van der Waals surface area contributed by atoms with Gasteiger partial charge in [-0.3, -0.25) is 16.1 Å². The van der Waals surface area contributed by atoms with Crippen molar-refractivity contribution in [1.29, 1.82) is 0 Å². The maximum atomic E-state index is 11.9. The van der Waals surface area contributed by atoms with Gasteiger partial charge in [0.25, 0.3) is 0 Å². The summed E-state index contributed by atoms with van der Waals surface area (Å²) in [6.45, 7) is 4.30. The zero-order valence-electron chi connectivity index (χ0n) is 15.3. The average molecular weight is 450 g/mol. The van der Waals surface area contributed by atoms with Crippen LogP contribution in [0.2, 0.25) is 0 Å². The molecule has 1 heterocycles. The number of benzene rings is 1. The summed E-state index contributed by atoms with van der Waals surface area (Å²) in [4.78, 5) is 13.0. The molecular weight excluding hydrogens is 425 g/mol. The molecule has 0 aliphatic heterocycles. The Morgan fingerprint density at radius 3 is 2.65 bits per heavy atom. The van der Waals surface area contributed by atoms with Crippen molar-refractivity contribution >= 4 is 22.9 Å². The molecule has 0 saturated heterocycles. The predicted octanol–water partition coefficient (Wildman–Crippen LogP) is 3.80. The molecular formula is C19H25N2O3SY-. The molecule has 0 bridgehead atoms. The first kappa shape index (κ1) is 23.4. The minimum absolute atomic E-state index is 0. The van der Waals surface area contributed by atoms with Gasteiger partial charge in [-0.15, -0.1) is 10.3 Å². The van der Waals surface area contributed by atoms with Gasteiger partial charge in [-0.05, 0) is 24.1 Å². The van der Waals surface area contributed by atoms with Crippen LogP contribution in [0.1, 0.15) is 49.7 Å². The number of rotatable bonds is 10. The summed E-state index contributed by atoms with van der Waals surface area (Å²) in [5.41, 5.74) is 4.56. The molecule has 0 saturated carbocycles.